The van der Waals surface area contributed by atoms with Gasteiger partial charge in [0.2, 0.25) is 12.5 Å². The van der Waals surface area contributed by atoms with Gasteiger partial charge >= 0.3 is 5.97 Å². The molecule has 1 unspecified atom stereocenters. The second-order valence-corrected chi connectivity index (χ2v) is 12.9. The van der Waals surface area contributed by atoms with E-state index >= 15 is 0 Å². The standard InChI is InChI=1S/C34H39NO12S/c1-35(2)13-6-15-43-25-10-8-24(9-11-25)34(47-48(38,39)16-14-36)26(17-22-18-29(40-3)32(42-5)30(19-22)41-4)31(33(37)46-34)23-7-12-27-28(20-23)45-21-44-27/h7-12,18-20,36H,6,13-17,21H2,1-5H3. The van der Waals surface area contributed by atoms with E-state index in [2.05, 4.69) is 4.90 Å². The molecule has 0 amide bonds. The van der Waals surface area contributed by atoms with Crippen LogP contribution in [0.3, 0.4) is 0 Å². The summed E-state index contributed by atoms with van der Waals surface area (Å²) >= 11 is 0. The molecule has 0 saturated heterocycles. The second kappa shape index (κ2) is 14.7. The molecule has 0 spiro atoms. The molecule has 48 heavy (non-hydrogen) atoms. The number of hydrogen-bond acceptors (Lipinski definition) is 13. The summed E-state index contributed by atoms with van der Waals surface area (Å²) in [6.07, 6.45) is 0.725. The van der Waals surface area contributed by atoms with E-state index < -0.39 is 34.2 Å². The highest BCUT2D eigenvalue weighted by Crippen LogP contribution is 2.50. The first-order chi connectivity index (χ1) is 23.0. The summed E-state index contributed by atoms with van der Waals surface area (Å²) in [6.45, 7) is 0.592. The smallest absolute Gasteiger partial charge is 0.342 e. The maximum absolute atomic E-state index is 14.0. The minimum absolute atomic E-state index is 0.0105. The van der Waals surface area contributed by atoms with Crippen molar-refractivity contribution in [3.05, 3.63) is 76.9 Å². The summed E-state index contributed by atoms with van der Waals surface area (Å²) in [7, 11) is 3.90. The summed E-state index contributed by atoms with van der Waals surface area (Å²) in [5.74, 6) is -1.37. The molecule has 0 bridgehead atoms. The number of methoxy groups -OCH3 is 3. The van der Waals surface area contributed by atoms with Crippen LogP contribution >= 0.6 is 0 Å². The fraction of sp³-hybridized carbons (Fsp3) is 0.382. The van der Waals surface area contributed by atoms with Crippen LogP contribution in [0.1, 0.15) is 23.1 Å². The Balaban J connectivity index is 1.69. The number of esters is 1. The van der Waals surface area contributed by atoms with Crippen LogP contribution in [0.2, 0.25) is 0 Å². The van der Waals surface area contributed by atoms with Gasteiger partial charge in [-0.25, -0.2) is 8.98 Å². The number of ether oxygens (including phenoxy) is 7. The first kappa shape index (κ1) is 34.8. The van der Waals surface area contributed by atoms with Gasteiger partial charge in [0.05, 0.1) is 45.9 Å². The molecule has 5 rings (SSSR count). The molecule has 3 aromatic carbocycles. The highest BCUT2D eigenvalue weighted by Gasteiger charge is 2.53. The van der Waals surface area contributed by atoms with Crippen molar-refractivity contribution in [2.24, 2.45) is 0 Å². The van der Waals surface area contributed by atoms with Crippen molar-refractivity contribution in [3.63, 3.8) is 0 Å². The molecule has 0 saturated carbocycles. The van der Waals surface area contributed by atoms with Crippen molar-refractivity contribution in [3.8, 4) is 34.5 Å². The van der Waals surface area contributed by atoms with Gasteiger partial charge in [0, 0.05) is 24.1 Å². The molecular weight excluding hydrogens is 646 g/mol. The molecule has 0 radical (unpaired) electrons. The summed E-state index contributed by atoms with van der Waals surface area (Å²) in [5, 5.41) is 9.58. The van der Waals surface area contributed by atoms with E-state index in [9.17, 15) is 18.3 Å². The normalized spacial score (nSPS) is 17.1. The summed E-state index contributed by atoms with van der Waals surface area (Å²) in [6, 6.07) is 14.8. The topological polar surface area (TPSA) is 149 Å². The zero-order valence-corrected chi connectivity index (χ0v) is 28.3. The highest BCUT2D eigenvalue weighted by atomic mass is 32.2. The van der Waals surface area contributed by atoms with E-state index in [1.165, 1.54) is 21.3 Å². The lowest BCUT2D eigenvalue weighted by Gasteiger charge is -2.31. The molecular formula is C34H39NO12S. The van der Waals surface area contributed by atoms with Crippen molar-refractivity contribution in [1.29, 1.82) is 0 Å². The monoisotopic (exact) mass is 685 g/mol. The van der Waals surface area contributed by atoms with Gasteiger partial charge in [-0.15, -0.1) is 0 Å². The fourth-order valence-electron chi connectivity index (χ4n) is 5.54. The molecule has 0 fully saturated rings. The molecule has 2 aliphatic heterocycles. The van der Waals surface area contributed by atoms with Crippen LogP contribution in [0, 0.1) is 0 Å². The Morgan fingerprint density at radius 1 is 0.917 bits per heavy atom. The Kier molecular flexibility index (Phi) is 10.7. The number of benzene rings is 3. The number of nitrogens with zero attached hydrogens (tertiary/aromatic N) is 1. The average molecular weight is 686 g/mol. The maximum Gasteiger partial charge on any atom is 0.342 e. The van der Waals surface area contributed by atoms with Crippen molar-refractivity contribution in [2.75, 3.05) is 67.7 Å². The molecule has 3 aromatic rings. The number of hydrogen-bond donors (Lipinski definition) is 1. The minimum Gasteiger partial charge on any atom is -0.494 e. The Bertz CT molecular complexity index is 1750. The highest BCUT2D eigenvalue weighted by molar-refractivity contribution is 7.86. The third-order valence-electron chi connectivity index (χ3n) is 7.74. The number of carbonyl (C=O) groups excluding carboxylic acids is 1. The van der Waals surface area contributed by atoms with Crippen LogP contribution < -0.4 is 28.4 Å². The average Bonchev–Trinajstić information content (AvgIpc) is 3.64. The summed E-state index contributed by atoms with van der Waals surface area (Å²) in [5.41, 5.74) is 1.38. The van der Waals surface area contributed by atoms with Crippen LogP contribution in [0.4, 0.5) is 0 Å². The summed E-state index contributed by atoms with van der Waals surface area (Å²) in [4.78, 5) is 16.0. The lowest BCUT2D eigenvalue weighted by molar-refractivity contribution is -0.174. The Labute approximate surface area is 279 Å². The third kappa shape index (κ3) is 7.31. The van der Waals surface area contributed by atoms with E-state index in [1.54, 1.807) is 54.6 Å². The number of cyclic esters (lactones) is 1. The molecule has 1 atom stereocenters. The van der Waals surface area contributed by atoms with Gasteiger partial charge in [0.25, 0.3) is 15.9 Å². The van der Waals surface area contributed by atoms with E-state index in [4.69, 9.17) is 37.3 Å². The van der Waals surface area contributed by atoms with Gasteiger partial charge in [-0.3, -0.25) is 0 Å². The van der Waals surface area contributed by atoms with Gasteiger partial charge < -0.3 is 43.2 Å². The number of aliphatic hydroxyl groups is 1. The predicted octanol–water partition coefficient (Wildman–Crippen LogP) is 3.52. The molecule has 13 nitrogen and oxygen atoms in total. The van der Waals surface area contributed by atoms with Gasteiger partial charge in [-0.2, -0.15) is 8.42 Å². The maximum atomic E-state index is 14.0. The van der Waals surface area contributed by atoms with Crippen molar-refractivity contribution in [1.82, 2.24) is 4.90 Å². The zero-order valence-electron chi connectivity index (χ0n) is 27.4. The Morgan fingerprint density at radius 3 is 2.23 bits per heavy atom. The molecule has 1 N–H and O–H groups in total. The quantitative estimate of drug-likeness (QED) is 0.133. The second-order valence-electron chi connectivity index (χ2n) is 11.2. The molecule has 2 heterocycles. The lowest BCUT2D eigenvalue weighted by Crippen LogP contribution is -2.37. The third-order valence-corrected chi connectivity index (χ3v) is 8.92. The van der Waals surface area contributed by atoms with E-state index in [1.807, 2.05) is 14.1 Å². The SMILES string of the molecule is COc1cc(CC2=C(c3ccc4c(c3)OCO4)C(=O)OC2(OS(=O)(=O)CCO)c2ccc(OCCCN(C)C)cc2)cc(OC)c1OC. The molecule has 2 aliphatic rings. The van der Waals surface area contributed by atoms with E-state index in [0.717, 1.165) is 13.0 Å². The number of aliphatic hydroxyl groups excluding tert-OH is 1. The zero-order chi connectivity index (χ0) is 34.5. The molecule has 0 aromatic heterocycles. The number of carbonyl (C=O) groups is 1. The van der Waals surface area contributed by atoms with Crippen LogP contribution in [0.15, 0.2) is 60.2 Å². The van der Waals surface area contributed by atoms with E-state index in [0.29, 0.717) is 52.2 Å². The van der Waals surface area contributed by atoms with Gasteiger partial charge in [-0.05, 0) is 80.2 Å². The number of fused-ring (bicyclic) bond motifs is 1. The Morgan fingerprint density at radius 2 is 1.60 bits per heavy atom. The predicted molar refractivity (Wildman–Crippen MR) is 174 cm³/mol. The van der Waals surface area contributed by atoms with Crippen molar-refractivity contribution < 1.29 is 55.7 Å². The van der Waals surface area contributed by atoms with E-state index in [-0.39, 0.29) is 29.9 Å². The van der Waals surface area contributed by atoms with Gasteiger partial charge in [0.1, 0.15) is 5.75 Å². The Hall–Kier alpha value is -4.50. The first-order valence-electron chi connectivity index (χ1n) is 15.1. The molecule has 0 aliphatic carbocycles. The van der Waals surface area contributed by atoms with Crippen molar-refractivity contribution >= 4 is 21.7 Å². The first-order valence-corrected chi connectivity index (χ1v) is 16.7. The van der Waals surface area contributed by atoms with Crippen LogP contribution in [0.25, 0.3) is 5.57 Å². The van der Waals surface area contributed by atoms with Gasteiger partial charge in [0.15, 0.2) is 23.0 Å². The molecule has 14 heteroatoms. The lowest BCUT2D eigenvalue weighted by atomic mass is 9.87. The van der Waals surface area contributed by atoms with Crippen molar-refractivity contribution in [2.45, 2.75) is 18.6 Å². The molecule has 258 valence electrons. The summed E-state index contributed by atoms with van der Waals surface area (Å²) < 4.78 is 72.1. The number of rotatable bonds is 16. The largest absolute Gasteiger partial charge is 0.494 e. The van der Waals surface area contributed by atoms with Crippen LogP contribution in [-0.4, -0.2) is 92.1 Å². The minimum atomic E-state index is -4.47. The van der Waals surface area contributed by atoms with Crippen LogP contribution in [0.5, 0.6) is 34.5 Å². The van der Waals surface area contributed by atoms with Crippen LogP contribution in [-0.2, 0) is 36.0 Å². The fourth-order valence-corrected chi connectivity index (χ4v) is 6.44. The van der Waals surface area contributed by atoms with Gasteiger partial charge in [-0.1, -0.05) is 6.07 Å².